The average molecular weight is 470 g/mol. The summed E-state index contributed by atoms with van der Waals surface area (Å²) in [5.74, 6) is -1.74. The number of amides is 3. The number of nitrogens with one attached hydrogen (secondary N) is 1. The van der Waals surface area contributed by atoms with Gasteiger partial charge in [0.2, 0.25) is 17.7 Å². The lowest BCUT2D eigenvalue weighted by atomic mass is 9.98. The number of fused-ring (bicyclic) bond motifs is 1. The monoisotopic (exact) mass is 469 g/mol. The fraction of sp³-hybridized carbons (Fsp3) is 0.375. The van der Waals surface area contributed by atoms with Crippen molar-refractivity contribution in [1.82, 2.24) is 15.1 Å². The second-order valence-corrected chi connectivity index (χ2v) is 10.5. The van der Waals surface area contributed by atoms with Crippen molar-refractivity contribution in [3.8, 4) is 0 Å². The van der Waals surface area contributed by atoms with Crippen LogP contribution in [-0.2, 0) is 24.2 Å². The number of carbonyl (C=O) groups is 3. The fourth-order valence-electron chi connectivity index (χ4n) is 4.53. The first-order valence-corrected chi connectivity index (χ1v) is 12.6. The molecule has 0 bridgehead atoms. The summed E-state index contributed by atoms with van der Waals surface area (Å²) in [4.78, 5) is 42.7. The second kappa shape index (κ2) is 8.97. The lowest BCUT2D eigenvalue weighted by Crippen LogP contribution is -2.64. The van der Waals surface area contributed by atoms with Crippen LogP contribution in [-0.4, -0.2) is 60.4 Å². The molecule has 2 aromatic carbocycles. The molecule has 2 unspecified atom stereocenters. The maximum absolute atomic E-state index is 13.4. The first-order valence-electron chi connectivity index (χ1n) is 11.0. The molecule has 9 heteroatoms. The summed E-state index contributed by atoms with van der Waals surface area (Å²) in [7, 11) is -3.78. The second-order valence-electron chi connectivity index (χ2n) is 8.54. The summed E-state index contributed by atoms with van der Waals surface area (Å²) in [6, 6.07) is 12.5. The predicted octanol–water partition coefficient (Wildman–Crippen LogP) is 1.81. The number of hydrogen-bond donors (Lipinski definition) is 1. The standard InChI is InChI=1S/C24H27N3O5S/c1-16-10-12-19(13-11-16)33(31,32)15-25-22(28)21(18-7-4-3-5-8-18)27-17(2)23(29)26-14-6-9-20(26)24(27)30/h3-5,7-8,10-13,17,20-21H,6,9,14-15H2,1-2H3,(H,25,28)/t17-,20?,21?/m0/s1. The number of nitrogens with zero attached hydrogens (tertiary/aromatic N) is 2. The van der Waals surface area contributed by atoms with E-state index >= 15 is 0 Å². The number of carbonyl (C=O) groups excluding carboxylic acids is 3. The van der Waals surface area contributed by atoms with Crippen molar-refractivity contribution in [2.45, 2.75) is 49.7 Å². The number of aryl methyl sites for hydroxylation is 1. The van der Waals surface area contributed by atoms with Crippen molar-refractivity contribution in [3.05, 3.63) is 65.7 Å². The molecule has 3 amide bonds. The molecule has 2 heterocycles. The summed E-state index contributed by atoms with van der Waals surface area (Å²) >= 11 is 0. The van der Waals surface area contributed by atoms with Gasteiger partial charge in [-0.1, -0.05) is 48.0 Å². The van der Waals surface area contributed by atoms with Crippen molar-refractivity contribution in [2.24, 2.45) is 0 Å². The largest absolute Gasteiger partial charge is 0.340 e. The topological polar surface area (TPSA) is 104 Å². The average Bonchev–Trinajstić information content (AvgIpc) is 3.30. The third-order valence-corrected chi connectivity index (χ3v) is 7.82. The minimum atomic E-state index is -3.78. The Morgan fingerprint density at radius 2 is 1.73 bits per heavy atom. The molecule has 2 saturated heterocycles. The van der Waals surface area contributed by atoms with Gasteiger partial charge in [-0.25, -0.2) is 8.42 Å². The van der Waals surface area contributed by atoms with Crippen LogP contribution in [0.4, 0.5) is 0 Å². The number of benzene rings is 2. The Hall–Kier alpha value is -3.20. The van der Waals surface area contributed by atoms with E-state index in [0.717, 1.165) is 12.0 Å². The number of piperazine rings is 1. The van der Waals surface area contributed by atoms with Crippen LogP contribution in [0.3, 0.4) is 0 Å². The summed E-state index contributed by atoms with van der Waals surface area (Å²) in [5, 5.41) is 2.50. The van der Waals surface area contributed by atoms with E-state index in [9.17, 15) is 22.8 Å². The molecule has 0 radical (unpaired) electrons. The first-order chi connectivity index (χ1) is 15.7. The van der Waals surface area contributed by atoms with Crippen molar-refractivity contribution in [3.63, 3.8) is 0 Å². The summed E-state index contributed by atoms with van der Waals surface area (Å²) in [5.41, 5.74) is 1.44. The van der Waals surface area contributed by atoms with Crippen molar-refractivity contribution < 1.29 is 22.8 Å². The molecule has 2 aromatic rings. The molecule has 0 aromatic heterocycles. The third kappa shape index (κ3) is 4.37. The molecule has 174 valence electrons. The number of sulfone groups is 1. The van der Waals surface area contributed by atoms with Crippen LogP contribution in [0, 0.1) is 6.92 Å². The lowest BCUT2D eigenvalue weighted by molar-refractivity contribution is -0.163. The van der Waals surface area contributed by atoms with Gasteiger partial charge in [0.1, 0.15) is 24.0 Å². The molecule has 1 N–H and O–H groups in total. The van der Waals surface area contributed by atoms with Gasteiger partial charge in [0.25, 0.3) is 0 Å². The van der Waals surface area contributed by atoms with Gasteiger partial charge in [-0.15, -0.1) is 0 Å². The van der Waals surface area contributed by atoms with Crippen LogP contribution >= 0.6 is 0 Å². The minimum Gasteiger partial charge on any atom is -0.340 e. The van der Waals surface area contributed by atoms with Crippen LogP contribution in [0.5, 0.6) is 0 Å². The molecule has 8 nitrogen and oxygen atoms in total. The van der Waals surface area contributed by atoms with Gasteiger partial charge in [0.15, 0.2) is 9.84 Å². The van der Waals surface area contributed by atoms with Gasteiger partial charge in [0, 0.05) is 6.54 Å². The van der Waals surface area contributed by atoms with Gasteiger partial charge >= 0.3 is 0 Å². The summed E-state index contributed by atoms with van der Waals surface area (Å²) < 4.78 is 25.5. The summed E-state index contributed by atoms with van der Waals surface area (Å²) in [6.45, 7) is 4.00. The Bertz CT molecular complexity index is 1160. The Balaban J connectivity index is 1.62. The van der Waals surface area contributed by atoms with Crippen LogP contribution in [0.2, 0.25) is 0 Å². The quantitative estimate of drug-likeness (QED) is 0.695. The van der Waals surface area contributed by atoms with Crippen molar-refractivity contribution >= 4 is 27.6 Å². The van der Waals surface area contributed by atoms with E-state index in [4.69, 9.17) is 0 Å². The van der Waals surface area contributed by atoms with Crippen LogP contribution in [0.15, 0.2) is 59.5 Å². The Morgan fingerprint density at radius 3 is 2.39 bits per heavy atom. The molecular formula is C24H27N3O5S. The molecular weight excluding hydrogens is 442 g/mol. The molecule has 3 atom stereocenters. The Kier molecular flexibility index (Phi) is 6.25. The molecule has 4 rings (SSSR count). The van der Waals surface area contributed by atoms with Gasteiger partial charge in [-0.3, -0.25) is 14.4 Å². The van der Waals surface area contributed by atoms with E-state index in [1.807, 2.05) is 6.92 Å². The molecule has 2 aliphatic rings. The van der Waals surface area contributed by atoms with E-state index in [1.54, 1.807) is 54.3 Å². The van der Waals surface area contributed by atoms with Gasteiger partial charge < -0.3 is 15.1 Å². The maximum atomic E-state index is 13.4. The first kappa shape index (κ1) is 23.0. The predicted molar refractivity (Wildman–Crippen MR) is 122 cm³/mol. The van der Waals surface area contributed by atoms with E-state index in [1.165, 1.54) is 17.0 Å². The van der Waals surface area contributed by atoms with Crippen LogP contribution in [0.1, 0.15) is 36.9 Å². The highest BCUT2D eigenvalue weighted by atomic mass is 32.2. The Morgan fingerprint density at radius 1 is 1.06 bits per heavy atom. The molecule has 0 saturated carbocycles. The van der Waals surface area contributed by atoms with E-state index in [-0.39, 0.29) is 16.7 Å². The zero-order valence-corrected chi connectivity index (χ0v) is 19.4. The molecule has 0 aliphatic carbocycles. The summed E-state index contributed by atoms with van der Waals surface area (Å²) in [6.07, 6.45) is 1.29. The SMILES string of the molecule is Cc1ccc(S(=O)(=O)CNC(=O)C(c2ccccc2)N2C(=O)C3CCCN3C(=O)[C@@H]2C)cc1. The molecule has 0 spiro atoms. The lowest BCUT2D eigenvalue weighted by Gasteiger charge is -2.44. The fourth-order valence-corrected chi connectivity index (χ4v) is 5.58. The molecule has 33 heavy (non-hydrogen) atoms. The van der Waals surface area contributed by atoms with Gasteiger partial charge in [-0.2, -0.15) is 0 Å². The molecule has 2 aliphatic heterocycles. The van der Waals surface area contributed by atoms with Gasteiger partial charge in [0.05, 0.1) is 4.90 Å². The molecule has 2 fully saturated rings. The Labute approximate surface area is 193 Å². The smallest absolute Gasteiger partial charge is 0.248 e. The highest BCUT2D eigenvalue weighted by Crippen LogP contribution is 2.33. The van der Waals surface area contributed by atoms with E-state index < -0.39 is 39.7 Å². The zero-order valence-electron chi connectivity index (χ0n) is 18.6. The zero-order chi connectivity index (χ0) is 23.8. The van der Waals surface area contributed by atoms with Gasteiger partial charge in [-0.05, 0) is 44.4 Å². The third-order valence-electron chi connectivity index (χ3n) is 6.31. The number of rotatable bonds is 6. The van der Waals surface area contributed by atoms with E-state index in [0.29, 0.717) is 18.5 Å². The van der Waals surface area contributed by atoms with Crippen molar-refractivity contribution in [2.75, 3.05) is 12.4 Å². The number of hydrogen-bond acceptors (Lipinski definition) is 5. The van der Waals surface area contributed by atoms with Crippen LogP contribution in [0.25, 0.3) is 0 Å². The highest BCUT2D eigenvalue weighted by Gasteiger charge is 2.50. The van der Waals surface area contributed by atoms with Crippen LogP contribution < -0.4 is 5.32 Å². The van der Waals surface area contributed by atoms with E-state index in [2.05, 4.69) is 5.32 Å². The minimum absolute atomic E-state index is 0.101. The van der Waals surface area contributed by atoms with Crippen molar-refractivity contribution in [1.29, 1.82) is 0 Å². The normalized spacial score (nSPS) is 21.6. The maximum Gasteiger partial charge on any atom is 0.248 e. The highest BCUT2D eigenvalue weighted by molar-refractivity contribution is 7.91.